The van der Waals surface area contributed by atoms with E-state index in [1.54, 1.807) is 4.90 Å². The Morgan fingerprint density at radius 2 is 2.13 bits per heavy atom. The number of nitrogens with zero attached hydrogens (tertiary/aromatic N) is 1. The van der Waals surface area contributed by atoms with Crippen molar-refractivity contribution < 1.29 is 19.1 Å². The lowest BCUT2D eigenvalue weighted by Crippen LogP contribution is -2.44. The highest BCUT2D eigenvalue weighted by atomic mass is 16.5. The molecule has 1 amide bonds. The molecule has 5 heteroatoms. The molecule has 0 spiro atoms. The van der Waals surface area contributed by atoms with Gasteiger partial charge in [0.15, 0.2) is 0 Å². The standard InChI is InChI=1S/C10H17NO4/c1-14-7-9(12)11-5-3-4-8(6-11)10(13)15-2/h8H,3-7H2,1-2H3/t8-/m0/s1. The Balaban J connectivity index is 2.48. The van der Waals surface area contributed by atoms with Crippen LogP contribution in [-0.4, -0.2) is 50.7 Å². The monoisotopic (exact) mass is 215 g/mol. The highest BCUT2D eigenvalue weighted by Crippen LogP contribution is 2.17. The lowest BCUT2D eigenvalue weighted by atomic mass is 9.98. The van der Waals surface area contributed by atoms with Crippen LogP contribution in [0.5, 0.6) is 0 Å². The number of esters is 1. The van der Waals surface area contributed by atoms with Crippen LogP contribution in [0.4, 0.5) is 0 Å². The molecule has 1 aliphatic heterocycles. The number of amides is 1. The minimum absolute atomic E-state index is 0.0638. The van der Waals surface area contributed by atoms with Gasteiger partial charge in [0.05, 0.1) is 13.0 Å². The molecule has 1 atom stereocenters. The molecule has 0 N–H and O–H groups in total. The van der Waals surface area contributed by atoms with Crippen molar-refractivity contribution in [1.29, 1.82) is 0 Å². The van der Waals surface area contributed by atoms with Crippen LogP contribution in [-0.2, 0) is 19.1 Å². The molecule has 86 valence electrons. The van der Waals surface area contributed by atoms with Crippen LogP contribution < -0.4 is 0 Å². The molecule has 0 aromatic heterocycles. The number of likely N-dealkylation sites (tertiary alicyclic amines) is 1. The quantitative estimate of drug-likeness (QED) is 0.624. The second-order valence-corrected chi connectivity index (χ2v) is 3.64. The summed E-state index contributed by atoms with van der Waals surface area (Å²) in [6, 6.07) is 0. The number of rotatable bonds is 3. The third kappa shape index (κ3) is 3.20. The van der Waals surface area contributed by atoms with Gasteiger partial charge in [-0.1, -0.05) is 0 Å². The average Bonchev–Trinajstić information content (AvgIpc) is 2.28. The number of hydrogen-bond donors (Lipinski definition) is 0. The van der Waals surface area contributed by atoms with Gasteiger partial charge in [-0.05, 0) is 12.8 Å². The normalized spacial score (nSPS) is 21.2. The van der Waals surface area contributed by atoms with E-state index in [1.807, 2.05) is 0 Å². The molecule has 1 fully saturated rings. The average molecular weight is 215 g/mol. The zero-order chi connectivity index (χ0) is 11.3. The van der Waals surface area contributed by atoms with Gasteiger partial charge < -0.3 is 14.4 Å². The van der Waals surface area contributed by atoms with Crippen molar-refractivity contribution in [2.24, 2.45) is 5.92 Å². The molecular formula is C10H17NO4. The fourth-order valence-corrected chi connectivity index (χ4v) is 1.78. The van der Waals surface area contributed by atoms with Crippen molar-refractivity contribution in [1.82, 2.24) is 4.90 Å². The van der Waals surface area contributed by atoms with Crippen LogP contribution in [0.2, 0.25) is 0 Å². The molecule has 1 aliphatic rings. The van der Waals surface area contributed by atoms with E-state index in [1.165, 1.54) is 14.2 Å². The van der Waals surface area contributed by atoms with Gasteiger partial charge in [-0.3, -0.25) is 9.59 Å². The van der Waals surface area contributed by atoms with Crippen LogP contribution >= 0.6 is 0 Å². The van der Waals surface area contributed by atoms with Crippen LogP contribution in [0.15, 0.2) is 0 Å². The summed E-state index contributed by atoms with van der Waals surface area (Å²) in [6.45, 7) is 1.23. The molecule has 0 aliphatic carbocycles. The van der Waals surface area contributed by atoms with Gasteiger partial charge in [0.1, 0.15) is 6.61 Å². The third-order valence-electron chi connectivity index (χ3n) is 2.58. The molecule has 0 saturated carbocycles. The van der Waals surface area contributed by atoms with E-state index in [-0.39, 0.29) is 24.4 Å². The maximum absolute atomic E-state index is 11.5. The lowest BCUT2D eigenvalue weighted by molar-refractivity contribution is -0.149. The second-order valence-electron chi connectivity index (χ2n) is 3.64. The van der Waals surface area contributed by atoms with E-state index in [0.717, 1.165) is 12.8 Å². The van der Waals surface area contributed by atoms with Gasteiger partial charge in [-0.2, -0.15) is 0 Å². The van der Waals surface area contributed by atoms with E-state index in [4.69, 9.17) is 4.74 Å². The van der Waals surface area contributed by atoms with Gasteiger partial charge >= 0.3 is 5.97 Å². The van der Waals surface area contributed by atoms with Crippen LogP contribution in [0.3, 0.4) is 0 Å². The summed E-state index contributed by atoms with van der Waals surface area (Å²) in [6.07, 6.45) is 1.64. The number of hydrogen-bond acceptors (Lipinski definition) is 4. The zero-order valence-electron chi connectivity index (χ0n) is 9.19. The molecule has 0 radical (unpaired) electrons. The fraction of sp³-hybridized carbons (Fsp3) is 0.800. The molecular weight excluding hydrogens is 198 g/mol. The van der Waals surface area contributed by atoms with Gasteiger partial charge in [0.25, 0.3) is 0 Å². The highest BCUT2D eigenvalue weighted by Gasteiger charge is 2.28. The smallest absolute Gasteiger partial charge is 0.310 e. The predicted octanol–water partition coefficient (Wildman–Crippen LogP) is 0.0444. The largest absolute Gasteiger partial charge is 0.469 e. The van der Waals surface area contributed by atoms with Crippen LogP contribution in [0.25, 0.3) is 0 Å². The molecule has 1 heterocycles. The molecule has 0 aromatic carbocycles. The van der Waals surface area contributed by atoms with E-state index in [0.29, 0.717) is 13.1 Å². The SMILES string of the molecule is COCC(=O)N1CCC[C@H](C(=O)OC)C1. The molecule has 1 rings (SSSR count). The zero-order valence-corrected chi connectivity index (χ0v) is 9.19. The van der Waals surface area contributed by atoms with Gasteiger partial charge in [-0.15, -0.1) is 0 Å². The lowest BCUT2D eigenvalue weighted by Gasteiger charge is -2.31. The summed E-state index contributed by atoms with van der Waals surface area (Å²) in [7, 11) is 2.86. The predicted molar refractivity (Wildman–Crippen MR) is 53.2 cm³/mol. The minimum atomic E-state index is -0.232. The Bertz CT molecular complexity index is 242. The number of ether oxygens (including phenoxy) is 2. The maximum Gasteiger partial charge on any atom is 0.310 e. The van der Waals surface area contributed by atoms with Gasteiger partial charge in [0.2, 0.25) is 5.91 Å². The summed E-state index contributed by atoms with van der Waals surface area (Å²) >= 11 is 0. The van der Waals surface area contributed by atoms with Gasteiger partial charge in [-0.25, -0.2) is 0 Å². The molecule has 0 bridgehead atoms. The Hall–Kier alpha value is -1.10. The fourth-order valence-electron chi connectivity index (χ4n) is 1.78. The number of methoxy groups -OCH3 is 2. The summed E-state index contributed by atoms with van der Waals surface area (Å²) in [5.41, 5.74) is 0. The Morgan fingerprint density at radius 1 is 1.40 bits per heavy atom. The summed E-state index contributed by atoms with van der Waals surface area (Å²) in [4.78, 5) is 24.5. The van der Waals surface area contributed by atoms with Gasteiger partial charge in [0, 0.05) is 20.2 Å². The molecule has 5 nitrogen and oxygen atoms in total. The van der Waals surface area contributed by atoms with Crippen molar-refractivity contribution in [3.63, 3.8) is 0 Å². The van der Waals surface area contributed by atoms with Crippen molar-refractivity contribution in [2.75, 3.05) is 33.9 Å². The first-order chi connectivity index (χ1) is 7.19. The molecule has 0 unspecified atom stereocenters. The number of carbonyl (C=O) groups excluding carboxylic acids is 2. The first kappa shape index (κ1) is 12.0. The van der Waals surface area contributed by atoms with E-state index >= 15 is 0 Å². The van der Waals surface area contributed by atoms with Crippen molar-refractivity contribution >= 4 is 11.9 Å². The van der Waals surface area contributed by atoms with Crippen molar-refractivity contribution in [3.05, 3.63) is 0 Å². The van der Waals surface area contributed by atoms with Crippen LogP contribution in [0, 0.1) is 5.92 Å². The highest BCUT2D eigenvalue weighted by molar-refractivity contribution is 5.79. The minimum Gasteiger partial charge on any atom is -0.469 e. The first-order valence-electron chi connectivity index (χ1n) is 5.03. The van der Waals surface area contributed by atoms with E-state index in [9.17, 15) is 9.59 Å². The first-order valence-corrected chi connectivity index (χ1v) is 5.03. The summed E-state index contributed by atoms with van der Waals surface area (Å²) in [5, 5.41) is 0. The topological polar surface area (TPSA) is 55.8 Å². The molecule has 15 heavy (non-hydrogen) atoms. The summed E-state index contributed by atoms with van der Waals surface area (Å²) in [5.74, 6) is -0.472. The maximum atomic E-state index is 11.5. The van der Waals surface area contributed by atoms with Crippen molar-refractivity contribution in [2.45, 2.75) is 12.8 Å². The summed E-state index contributed by atoms with van der Waals surface area (Å²) < 4.78 is 9.44. The van der Waals surface area contributed by atoms with E-state index < -0.39 is 0 Å². The number of piperidine rings is 1. The number of carbonyl (C=O) groups is 2. The Morgan fingerprint density at radius 3 is 2.73 bits per heavy atom. The van der Waals surface area contributed by atoms with Crippen molar-refractivity contribution in [3.8, 4) is 0 Å². The van der Waals surface area contributed by atoms with E-state index in [2.05, 4.69) is 4.74 Å². The third-order valence-corrected chi connectivity index (χ3v) is 2.58. The molecule has 1 saturated heterocycles. The Labute approximate surface area is 89.3 Å². The molecule has 0 aromatic rings. The second kappa shape index (κ2) is 5.70. The van der Waals surface area contributed by atoms with Crippen LogP contribution in [0.1, 0.15) is 12.8 Å². The Kier molecular flexibility index (Phi) is 4.55.